The largest absolute Gasteiger partial charge is 0.508 e. The molecule has 0 aliphatic heterocycles. The number of aryl methyl sites for hydroxylation is 1. The Balaban J connectivity index is 2.24. The van der Waals surface area contributed by atoms with Crippen LogP contribution < -0.4 is 5.32 Å². The number of amides is 1. The summed E-state index contributed by atoms with van der Waals surface area (Å²) in [5.41, 5.74) is 5.73. The minimum atomic E-state index is -0.1000. The molecule has 2 aliphatic rings. The molecule has 1 aromatic rings. The quantitative estimate of drug-likeness (QED) is 0.733. The van der Waals surface area contributed by atoms with Crippen molar-refractivity contribution in [2.75, 3.05) is 5.32 Å². The van der Waals surface area contributed by atoms with Gasteiger partial charge < -0.3 is 10.4 Å². The highest BCUT2D eigenvalue weighted by Gasteiger charge is 2.17. The summed E-state index contributed by atoms with van der Waals surface area (Å²) in [6.07, 6.45) is 0. The van der Waals surface area contributed by atoms with Crippen LogP contribution >= 0.6 is 0 Å². The molecule has 2 N–H and O–H groups in total. The number of benzene rings is 1. The van der Waals surface area contributed by atoms with E-state index in [0.717, 1.165) is 33.5 Å². The summed E-state index contributed by atoms with van der Waals surface area (Å²) in [6.45, 7) is 3.45. The van der Waals surface area contributed by atoms with E-state index >= 15 is 0 Å². The van der Waals surface area contributed by atoms with E-state index in [0.29, 0.717) is 0 Å². The van der Waals surface area contributed by atoms with Gasteiger partial charge in [-0.3, -0.25) is 4.79 Å². The van der Waals surface area contributed by atoms with Gasteiger partial charge in [-0.25, -0.2) is 0 Å². The van der Waals surface area contributed by atoms with E-state index in [1.807, 2.05) is 49.4 Å². The second kappa shape index (κ2) is 5.53. The number of hydrogen-bond donors (Lipinski definition) is 2. The standard InChI is InChI=1S/C19H17NO2/c1-12-8-14(10-15(22)9-12)18-11-19(20-13(2)21)17-7-5-3-4-6-16(17)18/h3-11,22H,1-2H3,(H,20,21). The van der Waals surface area contributed by atoms with Gasteiger partial charge in [-0.1, -0.05) is 36.4 Å². The zero-order valence-electron chi connectivity index (χ0n) is 12.6. The van der Waals surface area contributed by atoms with Gasteiger partial charge in [0.25, 0.3) is 0 Å². The van der Waals surface area contributed by atoms with E-state index in [1.165, 1.54) is 6.92 Å². The molecule has 0 radical (unpaired) electrons. The minimum Gasteiger partial charge on any atom is -0.508 e. The maximum absolute atomic E-state index is 11.4. The summed E-state index contributed by atoms with van der Waals surface area (Å²) in [5.74, 6) is 0.141. The average Bonchev–Trinajstić information content (AvgIpc) is 2.62. The fourth-order valence-electron chi connectivity index (χ4n) is 2.77. The van der Waals surface area contributed by atoms with Gasteiger partial charge in [0.2, 0.25) is 5.91 Å². The molecule has 1 aromatic carbocycles. The molecule has 0 atom stereocenters. The van der Waals surface area contributed by atoms with Crippen LogP contribution in [-0.2, 0) is 4.79 Å². The summed E-state index contributed by atoms with van der Waals surface area (Å²) in [5, 5.41) is 12.7. The summed E-state index contributed by atoms with van der Waals surface area (Å²) >= 11 is 0. The molecule has 22 heavy (non-hydrogen) atoms. The fourth-order valence-corrected chi connectivity index (χ4v) is 2.77. The van der Waals surface area contributed by atoms with Gasteiger partial charge in [0.1, 0.15) is 5.75 Å². The lowest BCUT2D eigenvalue weighted by atomic mass is 10.0. The topological polar surface area (TPSA) is 49.3 Å². The Morgan fingerprint density at radius 3 is 2.36 bits per heavy atom. The smallest absolute Gasteiger partial charge is 0.221 e. The molecular weight excluding hydrogens is 274 g/mol. The second-order valence-corrected chi connectivity index (χ2v) is 5.45. The molecule has 0 saturated carbocycles. The summed E-state index contributed by atoms with van der Waals surface area (Å²) in [4.78, 5) is 11.4. The van der Waals surface area contributed by atoms with Crippen molar-refractivity contribution in [1.82, 2.24) is 0 Å². The molecule has 1 amide bonds. The first-order valence-corrected chi connectivity index (χ1v) is 7.15. The van der Waals surface area contributed by atoms with Gasteiger partial charge in [-0.2, -0.15) is 0 Å². The monoisotopic (exact) mass is 291 g/mol. The SMILES string of the molecule is CC(=O)Nc1cc(-c2cc(C)cc(O)c2)c2cccccc1-2. The third-order valence-electron chi connectivity index (χ3n) is 3.59. The van der Waals surface area contributed by atoms with E-state index in [-0.39, 0.29) is 11.7 Å². The molecule has 0 heterocycles. The number of phenols is 1. The molecule has 3 heteroatoms. The average molecular weight is 291 g/mol. The molecule has 0 unspecified atom stereocenters. The number of fused-ring (bicyclic) bond motifs is 1. The lowest BCUT2D eigenvalue weighted by Crippen LogP contribution is -2.05. The van der Waals surface area contributed by atoms with Gasteiger partial charge >= 0.3 is 0 Å². The molecule has 0 aromatic heterocycles. The zero-order chi connectivity index (χ0) is 15.7. The van der Waals surface area contributed by atoms with Crippen LogP contribution in [0.4, 0.5) is 5.69 Å². The number of nitrogens with one attached hydrogen (secondary N) is 1. The number of hydrogen-bond acceptors (Lipinski definition) is 2. The maximum Gasteiger partial charge on any atom is 0.221 e. The first-order valence-electron chi connectivity index (χ1n) is 7.15. The highest BCUT2D eigenvalue weighted by molar-refractivity contribution is 6.01. The first kappa shape index (κ1) is 14.1. The Morgan fingerprint density at radius 2 is 1.68 bits per heavy atom. The third kappa shape index (κ3) is 2.66. The van der Waals surface area contributed by atoms with E-state index < -0.39 is 0 Å². The Kier molecular flexibility index (Phi) is 3.55. The van der Waals surface area contributed by atoms with Crippen molar-refractivity contribution < 1.29 is 9.90 Å². The highest BCUT2D eigenvalue weighted by Crippen LogP contribution is 2.42. The summed E-state index contributed by atoms with van der Waals surface area (Å²) in [7, 11) is 0. The minimum absolute atomic E-state index is 0.1000. The van der Waals surface area contributed by atoms with E-state index in [9.17, 15) is 9.90 Å². The Bertz CT molecular complexity index is 803. The zero-order valence-corrected chi connectivity index (χ0v) is 12.6. The molecule has 0 bridgehead atoms. The molecule has 0 saturated heterocycles. The lowest BCUT2D eigenvalue weighted by molar-refractivity contribution is -0.114. The molecule has 0 spiro atoms. The Morgan fingerprint density at radius 1 is 0.955 bits per heavy atom. The van der Waals surface area contributed by atoms with Gasteiger partial charge in [-0.15, -0.1) is 0 Å². The van der Waals surface area contributed by atoms with Crippen molar-refractivity contribution >= 4 is 11.6 Å². The van der Waals surface area contributed by atoms with Crippen LogP contribution in [0.2, 0.25) is 0 Å². The Hall–Kier alpha value is -2.81. The van der Waals surface area contributed by atoms with E-state index in [4.69, 9.17) is 0 Å². The number of carbonyl (C=O) groups is 1. The van der Waals surface area contributed by atoms with Crippen molar-refractivity contribution in [3.8, 4) is 28.0 Å². The van der Waals surface area contributed by atoms with Crippen molar-refractivity contribution in [2.24, 2.45) is 0 Å². The predicted octanol–water partition coefficient (Wildman–Crippen LogP) is 4.43. The summed E-state index contributed by atoms with van der Waals surface area (Å²) < 4.78 is 0. The number of carbonyl (C=O) groups excluding carboxylic acids is 1. The van der Waals surface area contributed by atoms with E-state index in [1.54, 1.807) is 12.1 Å². The van der Waals surface area contributed by atoms with Crippen molar-refractivity contribution in [3.05, 3.63) is 60.2 Å². The second-order valence-electron chi connectivity index (χ2n) is 5.45. The molecule has 110 valence electrons. The number of rotatable bonds is 2. The van der Waals surface area contributed by atoms with Crippen LogP contribution in [0.15, 0.2) is 54.6 Å². The molecule has 3 nitrogen and oxygen atoms in total. The van der Waals surface area contributed by atoms with Gasteiger partial charge in [0.05, 0.1) is 0 Å². The van der Waals surface area contributed by atoms with Crippen LogP contribution in [0, 0.1) is 6.92 Å². The normalized spacial score (nSPS) is 10.6. The molecular formula is C19H17NO2. The first-order chi connectivity index (χ1) is 10.5. The van der Waals surface area contributed by atoms with Crippen LogP contribution in [0.3, 0.4) is 0 Å². The van der Waals surface area contributed by atoms with Crippen LogP contribution in [0.5, 0.6) is 5.75 Å². The van der Waals surface area contributed by atoms with Crippen LogP contribution in [-0.4, -0.2) is 11.0 Å². The Labute approximate surface area is 129 Å². The number of phenolic OH excluding ortho intramolecular Hbond substituents is 1. The fraction of sp³-hybridized carbons (Fsp3) is 0.105. The summed E-state index contributed by atoms with van der Waals surface area (Å²) in [6, 6.07) is 17.3. The lowest BCUT2D eigenvalue weighted by Gasteiger charge is -2.05. The van der Waals surface area contributed by atoms with Gasteiger partial charge in [-0.05, 0) is 47.4 Å². The highest BCUT2D eigenvalue weighted by atomic mass is 16.3. The van der Waals surface area contributed by atoms with Gasteiger partial charge in [0.15, 0.2) is 0 Å². The van der Waals surface area contributed by atoms with Crippen molar-refractivity contribution in [3.63, 3.8) is 0 Å². The maximum atomic E-state index is 11.4. The van der Waals surface area contributed by atoms with Crippen molar-refractivity contribution in [2.45, 2.75) is 13.8 Å². The molecule has 3 rings (SSSR count). The van der Waals surface area contributed by atoms with Crippen LogP contribution in [0.25, 0.3) is 22.3 Å². The van der Waals surface area contributed by atoms with E-state index in [2.05, 4.69) is 5.32 Å². The number of anilines is 1. The third-order valence-corrected chi connectivity index (χ3v) is 3.59. The predicted molar refractivity (Wildman–Crippen MR) is 89.2 cm³/mol. The number of aromatic hydroxyl groups is 1. The molecule has 0 fully saturated rings. The van der Waals surface area contributed by atoms with Crippen LogP contribution in [0.1, 0.15) is 12.5 Å². The van der Waals surface area contributed by atoms with Crippen molar-refractivity contribution in [1.29, 1.82) is 0 Å². The van der Waals surface area contributed by atoms with Gasteiger partial charge in [0, 0.05) is 18.2 Å². The molecule has 2 aliphatic carbocycles.